The van der Waals surface area contributed by atoms with E-state index in [1.165, 1.54) is 24.3 Å². The molecule has 3 aromatic rings. The molecule has 0 N–H and O–H groups in total. The van der Waals surface area contributed by atoms with Gasteiger partial charge in [0, 0.05) is 15.5 Å². The number of aryl methyl sites for hydroxylation is 1. The molecular formula is C22H12ClF5OS. The fraction of sp³-hybridized carbons (Fsp3) is 0.0455. The zero-order valence-electron chi connectivity index (χ0n) is 15.3. The van der Waals surface area contributed by atoms with Crippen LogP contribution in [-0.4, -0.2) is 5.78 Å². The highest BCUT2D eigenvalue weighted by atomic mass is 35.5. The van der Waals surface area contributed by atoms with E-state index in [9.17, 15) is 26.7 Å². The smallest absolute Gasteiger partial charge is 0.200 e. The lowest BCUT2D eigenvalue weighted by Gasteiger charge is -2.10. The second-order valence-electron chi connectivity index (χ2n) is 6.24. The van der Waals surface area contributed by atoms with Crippen molar-refractivity contribution < 1.29 is 26.7 Å². The molecule has 0 saturated carbocycles. The van der Waals surface area contributed by atoms with Gasteiger partial charge in [-0.15, -0.1) is 0 Å². The molecule has 0 radical (unpaired) electrons. The Balaban J connectivity index is 2.15. The van der Waals surface area contributed by atoms with Crippen LogP contribution >= 0.6 is 23.4 Å². The van der Waals surface area contributed by atoms with E-state index in [2.05, 4.69) is 0 Å². The summed E-state index contributed by atoms with van der Waals surface area (Å²) in [6.45, 7) is 1.85. The Morgan fingerprint density at radius 2 is 1.30 bits per heavy atom. The number of ketones is 1. The molecule has 3 rings (SSSR count). The molecule has 0 spiro atoms. The third-order valence-electron chi connectivity index (χ3n) is 4.10. The Kier molecular flexibility index (Phi) is 6.63. The van der Waals surface area contributed by atoms with Gasteiger partial charge in [0.15, 0.2) is 29.1 Å². The Morgan fingerprint density at radius 3 is 1.83 bits per heavy atom. The van der Waals surface area contributed by atoms with Crippen molar-refractivity contribution in [3.63, 3.8) is 0 Å². The number of carbonyl (C=O) groups is 1. The predicted octanol–water partition coefficient (Wildman–Crippen LogP) is 7.36. The topological polar surface area (TPSA) is 17.1 Å². The molecule has 0 aliphatic rings. The number of thioether (sulfide) groups is 1. The Labute approximate surface area is 178 Å². The zero-order chi connectivity index (χ0) is 22.0. The van der Waals surface area contributed by atoms with E-state index in [1.807, 2.05) is 6.92 Å². The van der Waals surface area contributed by atoms with E-state index in [-0.39, 0.29) is 10.5 Å². The van der Waals surface area contributed by atoms with Crippen LogP contribution in [0.3, 0.4) is 0 Å². The van der Waals surface area contributed by atoms with E-state index in [0.29, 0.717) is 16.0 Å². The molecular weight excluding hydrogens is 443 g/mol. The van der Waals surface area contributed by atoms with Crippen molar-refractivity contribution in [2.45, 2.75) is 11.8 Å². The molecule has 0 bridgehead atoms. The number of rotatable bonds is 5. The molecule has 0 fully saturated rings. The van der Waals surface area contributed by atoms with Gasteiger partial charge < -0.3 is 0 Å². The molecule has 0 amide bonds. The molecule has 0 aromatic heterocycles. The van der Waals surface area contributed by atoms with Gasteiger partial charge in [-0.2, -0.15) is 0 Å². The van der Waals surface area contributed by atoms with Crippen LogP contribution in [-0.2, 0) is 0 Å². The van der Waals surface area contributed by atoms with E-state index in [1.54, 1.807) is 24.3 Å². The SMILES string of the molecule is Cc1ccc(SC(=Cc2c(F)c(F)c(F)c(F)c2F)C(=O)c2ccc(Cl)cc2)cc1. The second kappa shape index (κ2) is 9.02. The zero-order valence-corrected chi connectivity index (χ0v) is 16.9. The van der Waals surface area contributed by atoms with Crippen LogP contribution in [0.5, 0.6) is 0 Å². The van der Waals surface area contributed by atoms with E-state index >= 15 is 0 Å². The summed E-state index contributed by atoms with van der Waals surface area (Å²) in [6, 6.07) is 12.5. The first-order valence-corrected chi connectivity index (χ1v) is 9.66. The molecule has 8 heteroatoms. The maximum Gasteiger partial charge on any atom is 0.200 e. The maximum absolute atomic E-state index is 14.2. The Morgan fingerprint density at radius 1 is 0.800 bits per heavy atom. The molecule has 1 nitrogen and oxygen atoms in total. The summed E-state index contributed by atoms with van der Waals surface area (Å²) in [7, 11) is 0. The van der Waals surface area contributed by atoms with Crippen LogP contribution in [0.1, 0.15) is 21.5 Å². The van der Waals surface area contributed by atoms with E-state index < -0.39 is 40.4 Å². The average molecular weight is 455 g/mol. The number of hydrogen-bond acceptors (Lipinski definition) is 2. The van der Waals surface area contributed by atoms with Crippen LogP contribution in [0.25, 0.3) is 6.08 Å². The quantitative estimate of drug-likeness (QED) is 0.1000. The molecule has 154 valence electrons. The van der Waals surface area contributed by atoms with Crippen LogP contribution in [0.2, 0.25) is 5.02 Å². The highest BCUT2D eigenvalue weighted by Crippen LogP contribution is 2.34. The summed E-state index contributed by atoms with van der Waals surface area (Å²) in [6.07, 6.45) is 0.664. The minimum atomic E-state index is -2.26. The second-order valence-corrected chi connectivity index (χ2v) is 7.80. The number of benzene rings is 3. The normalized spacial score (nSPS) is 11.6. The maximum atomic E-state index is 14.2. The van der Waals surface area contributed by atoms with E-state index in [0.717, 1.165) is 17.3 Å². The van der Waals surface area contributed by atoms with Gasteiger partial charge in [-0.05, 0) is 49.4 Å². The lowest BCUT2D eigenvalue weighted by molar-refractivity contribution is 0.104. The minimum absolute atomic E-state index is 0.133. The van der Waals surface area contributed by atoms with Crippen molar-refractivity contribution >= 4 is 35.2 Å². The van der Waals surface area contributed by atoms with Gasteiger partial charge in [0.25, 0.3) is 0 Å². The van der Waals surface area contributed by atoms with Gasteiger partial charge in [-0.25, -0.2) is 22.0 Å². The monoisotopic (exact) mass is 454 g/mol. The van der Waals surface area contributed by atoms with Crippen molar-refractivity contribution in [1.29, 1.82) is 0 Å². The lowest BCUT2D eigenvalue weighted by Crippen LogP contribution is -2.06. The number of carbonyl (C=O) groups excluding carboxylic acids is 1. The summed E-state index contributed by atoms with van der Waals surface area (Å²) < 4.78 is 68.9. The summed E-state index contributed by atoms with van der Waals surface area (Å²) >= 11 is 6.65. The molecule has 0 atom stereocenters. The first-order chi connectivity index (χ1) is 14.2. The molecule has 0 saturated heterocycles. The molecule has 30 heavy (non-hydrogen) atoms. The lowest BCUT2D eigenvalue weighted by atomic mass is 10.1. The Bertz CT molecular complexity index is 1110. The summed E-state index contributed by atoms with van der Waals surface area (Å²) in [5.74, 6) is -11.1. The van der Waals surface area contributed by atoms with Crippen molar-refractivity contribution in [1.82, 2.24) is 0 Å². The number of allylic oxidation sites excluding steroid dienone is 1. The number of hydrogen-bond donors (Lipinski definition) is 0. The van der Waals surface area contributed by atoms with Gasteiger partial charge in [0.05, 0.1) is 10.5 Å². The highest BCUT2D eigenvalue weighted by molar-refractivity contribution is 8.04. The fourth-order valence-electron chi connectivity index (χ4n) is 2.50. The third kappa shape index (κ3) is 4.57. The van der Waals surface area contributed by atoms with Gasteiger partial charge in [0.2, 0.25) is 5.82 Å². The van der Waals surface area contributed by atoms with Gasteiger partial charge >= 0.3 is 0 Å². The van der Waals surface area contributed by atoms with E-state index in [4.69, 9.17) is 11.6 Å². The van der Waals surface area contributed by atoms with Gasteiger partial charge in [0.1, 0.15) is 0 Å². The molecule has 0 aliphatic heterocycles. The standard InChI is InChI=1S/C22H12ClF5OS/c1-11-2-8-14(9-3-11)30-16(22(29)12-4-6-13(23)7-5-12)10-15-17(24)19(26)21(28)20(27)18(15)25/h2-10H,1H3. The molecule has 0 heterocycles. The summed E-state index contributed by atoms with van der Waals surface area (Å²) in [5.41, 5.74) is -0.119. The van der Waals surface area contributed by atoms with Crippen LogP contribution in [0, 0.1) is 36.0 Å². The van der Waals surface area contributed by atoms with Crippen LogP contribution in [0.15, 0.2) is 58.3 Å². The Hall–Kier alpha value is -2.64. The highest BCUT2D eigenvalue weighted by Gasteiger charge is 2.26. The van der Waals surface area contributed by atoms with Gasteiger partial charge in [-0.1, -0.05) is 41.1 Å². The third-order valence-corrected chi connectivity index (χ3v) is 5.38. The first kappa shape index (κ1) is 22.1. The van der Waals surface area contributed by atoms with Crippen molar-refractivity contribution in [3.05, 3.63) is 104 Å². The largest absolute Gasteiger partial charge is 0.288 e. The van der Waals surface area contributed by atoms with Crippen molar-refractivity contribution in [2.75, 3.05) is 0 Å². The molecule has 3 aromatic carbocycles. The molecule has 0 unspecified atom stereocenters. The predicted molar refractivity (Wildman–Crippen MR) is 107 cm³/mol. The number of Topliss-reactive ketones (excluding diaryl/α,β-unsaturated/α-hetero) is 1. The van der Waals surface area contributed by atoms with Crippen LogP contribution < -0.4 is 0 Å². The molecule has 0 aliphatic carbocycles. The fourth-order valence-corrected chi connectivity index (χ4v) is 3.54. The summed E-state index contributed by atoms with van der Waals surface area (Å²) in [5, 5.41) is 0.364. The van der Waals surface area contributed by atoms with Crippen molar-refractivity contribution in [2.24, 2.45) is 0 Å². The van der Waals surface area contributed by atoms with Gasteiger partial charge in [-0.3, -0.25) is 4.79 Å². The first-order valence-electron chi connectivity index (χ1n) is 8.47. The summed E-state index contributed by atoms with van der Waals surface area (Å²) in [4.78, 5) is 13.3. The van der Waals surface area contributed by atoms with Crippen LogP contribution in [0.4, 0.5) is 22.0 Å². The minimum Gasteiger partial charge on any atom is -0.288 e. The number of halogens is 6. The average Bonchev–Trinajstić information content (AvgIpc) is 2.74. The van der Waals surface area contributed by atoms with Crippen molar-refractivity contribution in [3.8, 4) is 0 Å².